The maximum absolute atomic E-state index is 9.27. The average Bonchev–Trinajstić information content (AvgIpc) is 2.86. The van der Waals surface area contributed by atoms with Crippen LogP contribution in [0.2, 0.25) is 0 Å². The molecule has 6 nitrogen and oxygen atoms in total. The molecule has 0 fully saturated rings. The van der Waals surface area contributed by atoms with Crippen LogP contribution in [0.4, 0.5) is 0 Å². The van der Waals surface area contributed by atoms with Gasteiger partial charge in [-0.2, -0.15) is 4.98 Å². The highest BCUT2D eigenvalue weighted by molar-refractivity contribution is 5.40. The molecular weight excluding hydrogens is 248 g/mol. The number of aromatic nitrogens is 2. The number of nitrogens with zero attached hydrogens (tertiary/aromatic N) is 2. The summed E-state index contributed by atoms with van der Waals surface area (Å²) in [7, 11) is 0. The Labute approximate surface area is 110 Å². The van der Waals surface area contributed by atoms with Crippen molar-refractivity contribution in [3.05, 3.63) is 36.0 Å². The van der Waals surface area contributed by atoms with E-state index in [1.165, 1.54) is 0 Å². The molecule has 6 heteroatoms. The summed E-state index contributed by atoms with van der Waals surface area (Å²) in [6.45, 7) is 2.00. The van der Waals surface area contributed by atoms with E-state index in [4.69, 9.17) is 14.0 Å². The lowest BCUT2D eigenvalue weighted by molar-refractivity contribution is 0.0832. The van der Waals surface area contributed by atoms with Gasteiger partial charge < -0.3 is 19.1 Å². The van der Waals surface area contributed by atoms with E-state index in [1.807, 2.05) is 24.3 Å². The molecule has 2 atom stereocenters. The van der Waals surface area contributed by atoms with Crippen LogP contribution >= 0.6 is 0 Å². The van der Waals surface area contributed by atoms with E-state index in [9.17, 15) is 5.11 Å². The summed E-state index contributed by atoms with van der Waals surface area (Å²) < 4.78 is 16.4. The lowest BCUT2D eigenvalue weighted by Crippen LogP contribution is -2.22. The zero-order valence-electron chi connectivity index (χ0n) is 10.4. The second-order valence-corrected chi connectivity index (χ2v) is 4.46. The van der Waals surface area contributed by atoms with Gasteiger partial charge in [0.05, 0.1) is 12.5 Å². The van der Waals surface area contributed by atoms with E-state index < -0.39 is 6.10 Å². The van der Waals surface area contributed by atoms with Crippen molar-refractivity contribution in [3.8, 4) is 11.5 Å². The van der Waals surface area contributed by atoms with E-state index in [2.05, 4.69) is 10.1 Å². The van der Waals surface area contributed by atoms with E-state index >= 15 is 0 Å². The Morgan fingerprint density at radius 2 is 2.16 bits per heavy atom. The van der Waals surface area contributed by atoms with Crippen LogP contribution in [0, 0.1) is 0 Å². The van der Waals surface area contributed by atoms with Crippen molar-refractivity contribution < 1.29 is 19.1 Å². The maximum Gasteiger partial charge on any atom is 0.229 e. The molecule has 0 aliphatic carbocycles. The zero-order chi connectivity index (χ0) is 13.2. The van der Waals surface area contributed by atoms with Crippen molar-refractivity contribution in [2.24, 2.45) is 0 Å². The molecule has 0 saturated heterocycles. The zero-order valence-corrected chi connectivity index (χ0v) is 10.4. The average molecular weight is 262 g/mol. The second-order valence-electron chi connectivity index (χ2n) is 4.46. The minimum atomic E-state index is -0.516. The topological polar surface area (TPSA) is 77.6 Å². The van der Waals surface area contributed by atoms with Gasteiger partial charge in [0, 0.05) is 0 Å². The van der Waals surface area contributed by atoms with Crippen LogP contribution in [0.15, 0.2) is 28.8 Å². The van der Waals surface area contributed by atoms with Crippen LogP contribution in [0.5, 0.6) is 11.5 Å². The molecule has 19 heavy (non-hydrogen) atoms. The first-order valence-electron chi connectivity index (χ1n) is 6.11. The summed E-state index contributed by atoms with van der Waals surface area (Å²) in [5.41, 5.74) is 0. The van der Waals surface area contributed by atoms with Crippen LogP contribution < -0.4 is 9.47 Å². The van der Waals surface area contributed by atoms with Gasteiger partial charge in [-0.15, -0.1) is 0 Å². The van der Waals surface area contributed by atoms with Crippen LogP contribution in [-0.4, -0.2) is 28.0 Å². The highest BCUT2D eigenvalue weighted by Gasteiger charge is 2.26. The summed E-state index contributed by atoms with van der Waals surface area (Å²) in [6, 6.07) is 7.44. The highest BCUT2D eigenvalue weighted by atomic mass is 16.6. The van der Waals surface area contributed by atoms with Crippen molar-refractivity contribution in [3.63, 3.8) is 0 Å². The number of hydrogen-bond acceptors (Lipinski definition) is 6. The quantitative estimate of drug-likeness (QED) is 0.903. The molecule has 1 aromatic carbocycles. The molecule has 3 rings (SSSR count). The Morgan fingerprint density at radius 3 is 2.95 bits per heavy atom. The molecule has 0 saturated carbocycles. The minimum absolute atomic E-state index is 0.331. The molecule has 1 N–H and O–H groups in total. The predicted octanol–water partition coefficient (Wildman–Crippen LogP) is 1.51. The fourth-order valence-corrected chi connectivity index (χ4v) is 1.88. The van der Waals surface area contributed by atoms with Gasteiger partial charge in [0.25, 0.3) is 0 Å². The number of aliphatic hydroxyl groups excluding tert-OH is 1. The van der Waals surface area contributed by atoms with Gasteiger partial charge in [0.15, 0.2) is 17.6 Å². The summed E-state index contributed by atoms with van der Waals surface area (Å²) in [5, 5.41) is 13.1. The van der Waals surface area contributed by atoms with Crippen LogP contribution in [0.25, 0.3) is 0 Å². The molecule has 1 aliphatic heterocycles. The molecule has 0 spiro atoms. The number of para-hydroxylation sites is 2. The summed E-state index contributed by atoms with van der Waals surface area (Å²) in [4.78, 5) is 4.20. The van der Waals surface area contributed by atoms with Gasteiger partial charge in [-0.3, -0.25) is 0 Å². The fraction of sp³-hybridized carbons (Fsp3) is 0.385. The normalized spacial score (nSPS) is 19.2. The van der Waals surface area contributed by atoms with Gasteiger partial charge >= 0.3 is 0 Å². The summed E-state index contributed by atoms with van der Waals surface area (Å²) >= 11 is 0. The summed E-state index contributed by atoms with van der Waals surface area (Å²) in [5.74, 6) is 2.21. The number of aliphatic hydroxyl groups is 1. The maximum atomic E-state index is 9.27. The molecule has 2 unspecified atom stereocenters. The van der Waals surface area contributed by atoms with E-state index in [0.29, 0.717) is 36.2 Å². The van der Waals surface area contributed by atoms with E-state index in [1.54, 1.807) is 6.92 Å². The van der Waals surface area contributed by atoms with Gasteiger partial charge in [0.1, 0.15) is 6.61 Å². The lowest BCUT2D eigenvalue weighted by Gasteiger charge is -2.24. The smallest absolute Gasteiger partial charge is 0.229 e. The standard InChI is InChI=1S/C13H14N2O4/c1-8(16)6-12-14-13(15-19-12)11-7-17-9-4-2-3-5-10(9)18-11/h2-5,8,11,16H,6-7H2,1H3. The summed E-state index contributed by atoms with van der Waals surface area (Å²) in [6.07, 6.45) is -0.573. The third-order valence-corrected chi connectivity index (χ3v) is 2.75. The Kier molecular flexibility index (Phi) is 3.08. The van der Waals surface area contributed by atoms with E-state index in [-0.39, 0.29) is 6.10 Å². The first-order chi connectivity index (χ1) is 9.22. The molecule has 0 bridgehead atoms. The molecule has 0 radical (unpaired) electrons. The Balaban J connectivity index is 1.76. The van der Waals surface area contributed by atoms with E-state index in [0.717, 1.165) is 0 Å². The largest absolute Gasteiger partial charge is 0.485 e. The number of hydrogen-bond donors (Lipinski definition) is 1. The molecule has 1 aliphatic rings. The van der Waals surface area contributed by atoms with Crippen molar-refractivity contribution in [1.82, 2.24) is 10.1 Å². The van der Waals surface area contributed by atoms with Crippen LogP contribution in [-0.2, 0) is 6.42 Å². The number of benzene rings is 1. The van der Waals surface area contributed by atoms with Crippen LogP contribution in [0.1, 0.15) is 24.7 Å². The highest BCUT2D eigenvalue weighted by Crippen LogP contribution is 2.35. The van der Waals surface area contributed by atoms with Gasteiger partial charge in [-0.25, -0.2) is 0 Å². The first kappa shape index (κ1) is 12.0. The molecule has 2 aromatic rings. The Hall–Kier alpha value is -2.08. The van der Waals surface area contributed by atoms with Crippen molar-refractivity contribution in [2.45, 2.75) is 25.6 Å². The predicted molar refractivity (Wildman–Crippen MR) is 65.0 cm³/mol. The third-order valence-electron chi connectivity index (χ3n) is 2.75. The molecule has 2 heterocycles. The van der Waals surface area contributed by atoms with Gasteiger partial charge in [-0.05, 0) is 19.1 Å². The number of rotatable bonds is 3. The SMILES string of the molecule is CC(O)Cc1nc(C2COc3ccccc3O2)no1. The molecule has 0 amide bonds. The molecular formula is C13H14N2O4. The van der Waals surface area contributed by atoms with Crippen LogP contribution in [0.3, 0.4) is 0 Å². The van der Waals surface area contributed by atoms with Crippen molar-refractivity contribution in [1.29, 1.82) is 0 Å². The molecule has 100 valence electrons. The monoisotopic (exact) mass is 262 g/mol. The minimum Gasteiger partial charge on any atom is -0.485 e. The number of fused-ring (bicyclic) bond motifs is 1. The fourth-order valence-electron chi connectivity index (χ4n) is 1.88. The van der Waals surface area contributed by atoms with Gasteiger partial charge in [-0.1, -0.05) is 17.3 Å². The van der Waals surface area contributed by atoms with Gasteiger partial charge in [0.2, 0.25) is 11.7 Å². The molecule has 1 aromatic heterocycles. The van der Waals surface area contributed by atoms with Crippen molar-refractivity contribution >= 4 is 0 Å². The Morgan fingerprint density at radius 1 is 1.37 bits per heavy atom. The number of ether oxygens (including phenoxy) is 2. The third kappa shape index (κ3) is 2.53. The first-order valence-corrected chi connectivity index (χ1v) is 6.11. The Bertz CT molecular complexity index is 567. The van der Waals surface area contributed by atoms with Crippen molar-refractivity contribution in [2.75, 3.05) is 6.61 Å². The second kappa shape index (κ2) is 4.89. The lowest BCUT2D eigenvalue weighted by atomic mass is 10.2.